The first-order valence-corrected chi connectivity index (χ1v) is 7.12. The number of nitrogens with one attached hydrogen (secondary N) is 1. The molecule has 0 radical (unpaired) electrons. The molecule has 1 saturated heterocycles. The Morgan fingerprint density at radius 3 is 2.60 bits per heavy atom. The molecule has 1 N–H and O–H groups in total. The molecule has 1 aromatic heterocycles. The molecule has 0 spiro atoms. The van der Waals surface area contributed by atoms with Crippen molar-refractivity contribution in [2.45, 2.75) is 19.4 Å². The highest BCUT2D eigenvalue weighted by atomic mass is 16.1. The van der Waals surface area contributed by atoms with Gasteiger partial charge < -0.3 is 10.2 Å². The number of hydrogen-bond donors (Lipinski definition) is 1. The van der Waals surface area contributed by atoms with Gasteiger partial charge in [0.15, 0.2) is 0 Å². The summed E-state index contributed by atoms with van der Waals surface area (Å²) >= 11 is 0. The Labute approximate surface area is 120 Å². The summed E-state index contributed by atoms with van der Waals surface area (Å²) in [6, 6.07) is 0.496. The highest BCUT2D eigenvalue weighted by Gasteiger charge is 2.18. The van der Waals surface area contributed by atoms with Crippen LogP contribution in [-0.4, -0.2) is 71.5 Å². The summed E-state index contributed by atoms with van der Waals surface area (Å²) in [6.45, 7) is 7.37. The third-order valence-corrected chi connectivity index (χ3v) is 3.83. The van der Waals surface area contributed by atoms with Gasteiger partial charge in [0.25, 0.3) is 5.91 Å². The number of rotatable bonds is 5. The van der Waals surface area contributed by atoms with Crippen molar-refractivity contribution in [3.8, 4) is 0 Å². The van der Waals surface area contributed by atoms with E-state index in [9.17, 15) is 4.79 Å². The molecule has 1 aliphatic rings. The molecule has 1 fully saturated rings. The number of amides is 1. The maximum absolute atomic E-state index is 11.8. The minimum Gasteiger partial charge on any atom is -0.352 e. The number of carbonyl (C=O) groups excluding carboxylic acids is 1. The lowest BCUT2D eigenvalue weighted by Crippen LogP contribution is -2.48. The molecule has 0 aliphatic carbocycles. The van der Waals surface area contributed by atoms with Crippen molar-refractivity contribution in [3.63, 3.8) is 0 Å². The van der Waals surface area contributed by atoms with Gasteiger partial charge in [0, 0.05) is 51.2 Å². The van der Waals surface area contributed by atoms with E-state index < -0.39 is 0 Å². The number of carbonyl (C=O) groups is 1. The lowest BCUT2D eigenvalue weighted by Gasteiger charge is -2.36. The zero-order valence-corrected chi connectivity index (χ0v) is 12.2. The van der Waals surface area contributed by atoms with Crippen molar-refractivity contribution in [3.05, 3.63) is 24.3 Å². The number of nitrogens with zero attached hydrogens (tertiary/aromatic N) is 4. The van der Waals surface area contributed by atoms with Crippen LogP contribution < -0.4 is 5.32 Å². The van der Waals surface area contributed by atoms with E-state index in [1.807, 2.05) is 0 Å². The smallest absolute Gasteiger partial charge is 0.254 e. The summed E-state index contributed by atoms with van der Waals surface area (Å²) in [4.78, 5) is 24.4. The average Bonchev–Trinajstić information content (AvgIpc) is 2.48. The topological polar surface area (TPSA) is 61.4 Å². The van der Waals surface area contributed by atoms with E-state index in [0.29, 0.717) is 18.2 Å². The van der Waals surface area contributed by atoms with Gasteiger partial charge in [0.05, 0.1) is 5.56 Å². The molecule has 20 heavy (non-hydrogen) atoms. The third-order valence-electron chi connectivity index (χ3n) is 3.83. The van der Waals surface area contributed by atoms with Gasteiger partial charge in [-0.25, -0.2) is 9.97 Å². The molecule has 0 unspecified atom stereocenters. The molecule has 6 heteroatoms. The number of hydrogen-bond acceptors (Lipinski definition) is 5. The van der Waals surface area contributed by atoms with Crippen molar-refractivity contribution in [1.29, 1.82) is 0 Å². The predicted octanol–water partition coefficient (Wildman–Crippen LogP) is 0.232. The standard InChI is InChI=1S/C14H23N5O/c1-12(19-7-5-18(2)6-8-19)3-4-17-14(20)13-9-15-11-16-10-13/h9-12H,3-8H2,1-2H3,(H,17,20)/t12-/m1/s1. The zero-order valence-electron chi connectivity index (χ0n) is 12.2. The highest BCUT2D eigenvalue weighted by molar-refractivity contribution is 5.93. The van der Waals surface area contributed by atoms with E-state index >= 15 is 0 Å². The SMILES string of the molecule is C[C@H](CCNC(=O)c1cncnc1)N1CCN(C)CC1. The molecule has 1 aliphatic heterocycles. The van der Waals surface area contributed by atoms with Crippen LogP contribution in [0.3, 0.4) is 0 Å². The van der Waals surface area contributed by atoms with Gasteiger partial charge in [-0.3, -0.25) is 9.69 Å². The van der Waals surface area contributed by atoms with Crippen LogP contribution in [0.25, 0.3) is 0 Å². The summed E-state index contributed by atoms with van der Waals surface area (Å²) in [5, 5.41) is 2.92. The van der Waals surface area contributed by atoms with E-state index in [-0.39, 0.29) is 5.91 Å². The molecule has 110 valence electrons. The Bertz CT molecular complexity index is 417. The van der Waals surface area contributed by atoms with Gasteiger partial charge in [-0.15, -0.1) is 0 Å². The molecule has 1 aromatic rings. The van der Waals surface area contributed by atoms with Crippen LogP contribution in [0, 0.1) is 0 Å². The van der Waals surface area contributed by atoms with Crippen molar-refractivity contribution in [2.24, 2.45) is 0 Å². The lowest BCUT2D eigenvalue weighted by atomic mass is 10.1. The quantitative estimate of drug-likeness (QED) is 0.835. The van der Waals surface area contributed by atoms with Gasteiger partial charge in [0.1, 0.15) is 6.33 Å². The summed E-state index contributed by atoms with van der Waals surface area (Å²) in [6.07, 6.45) is 5.45. The summed E-state index contributed by atoms with van der Waals surface area (Å²) in [7, 11) is 2.16. The van der Waals surface area contributed by atoms with Crippen molar-refractivity contribution in [1.82, 2.24) is 25.1 Å². The fourth-order valence-corrected chi connectivity index (χ4v) is 2.36. The second-order valence-corrected chi connectivity index (χ2v) is 5.36. The fraction of sp³-hybridized carbons (Fsp3) is 0.643. The predicted molar refractivity (Wildman–Crippen MR) is 77.5 cm³/mol. The van der Waals surface area contributed by atoms with Gasteiger partial charge in [-0.2, -0.15) is 0 Å². The molecular weight excluding hydrogens is 254 g/mol. The Balaban J connectivity index is 1.69. The molecule has 2 rings (SSSR count). The van der Waals surface area contributed by atoms with E-state index in [1.54, 1.807) is 0 Å². The largest absolute Gasteiger partial charge is 0.352 e. The van der Waals surface area contributed by atoms with Gasteiger partial charge >= 0.3 is 0 Å². The van der Waals surface area contributed by atoms with Crippen molar-refractivity contribution < 1.29 is 4.79 Å². The molecular formula is C14H23N5O. The molecule has 0 bridgehead atoms. The molecule has 1 atom stereocenters. The van der Waals surface area contributed by atoms with Crippen molar-refractivity contribution >= 4 is 5.91 Å². The van der Waals surface area contributed by atoms with E-state index in [0.717, 1.165) is 32.6 Å². The molecule has 6 nitrogen and oxygen atoms in total. The first-order valence-electron chi connectivity index (χ1n) is 7.12. The second kappa shape index (κ2) is 7.31. The van der Waals surface area contributed by atoms with Crippen LogP contribution in [0.5, 0.6) is 0 Å². The minimum absolute atomic E-state index is 0.101. The first-order chi connectivity index (χ1) is 9.66. The van der Waals surface area contributed by atoms with E-state index in [1.165, 1.54) is 18.7 Å². The van der Waals surface area contributed by atoms with E-state index in [2.05, 4.69) is 39.1 Å². The minimum atomic E-state index is -0.101. The maximum atomic E-state index is 11.8. The van der Waals surface area contributed by atoms with Crippen LogP contribution in [0.2, 0.25) is 0 Å². The van der Waals surface area contributed by atoms with Crippen LogP contribution in [-0.2, 0) is 0 Å². The van der Waals surface area contributed by atoms with Gasteiger partial charge in [0.2, 0.25) is 0 Å². The molecule has 0 saturated carbocycles. The Morgan fingerprint density at radius 1 is 1.30 bits per heavy atom. The number of piperazine rings is 1. The maximum Gasteiger partial charge on any atom is 0.254 e. The van der Waals surface area contributed by atoms with Crippen LogP contribution in [0.1, 0.15) is 23.7 Å². The van der Waals surface area contributed by atoms with E-state index in [4.69, 9.17) is 0 Å². The monoisotopic (exact) mass is 277 g/mol. The molecule has 0 aromatic carbocycles. The Morgan fingerprint density at radius 2 is 1.95 bits per heavy atom. The Kier molecular flexibility index (Phi) is 5.43. The normalized spacial score (nSPS) is 18.7. The molecule has 2 heterocycles. The Hall–Kier alpha value is -1.53. The zero-order chi connectivity index (χ0) is 14.4. The lowest BCUT2D eigenvalue weighted by molar-refractivity contribution is 0.0934. The average molecular weight is 277 g/mol. The fourth-order valence-electron chi connectivity index (χ4n) is 2.36. The second-order valence-electron chi connectivity index (χ2n) is 5.36. The first kappa shape index (κ1) is 14.9. The highest BCUT2D eigenvalue weighted by Crippen LogP contribution is 2.07. The number of aromatic nitrogens is 2. The summed E-state index contributed by atoms with van der Waals surface area (Å²) < 4.78 is 0. The summed E-state index contributed by atoms with van der Waals surface area (Å²) in [5.74, 6) is -0.101. The van der Waals surface area contributed by atoms with Crippen molar-refractivity contribution in [2.75, 3.05) is 39.8 Å². The number of likely N-dealkylation sites (N-methyl/N-ethyl adjacent to an activating group) is 1. The van der Waals surface area contributed by atoms with Gasteiger partial charge in [-0.1, -0.05) is 0 Å². The van der Waals surface area contributed by atoms with Crippen LogP contribution in [0.4, 0.5) is 0 Å². The molecule has 1 amide bonds. The third kappa shape index (κ3) is 4.25. The summed E-state index contributed by atoms with van der Waals surface area (Å²) in [5.41, 5.74) is 0.514. The van der Waals surface area contributed by atoms with Gasteiger partial charge in [-0.05, 0) is 20.4 Å². The van der Waals surface area contributed by atoms with Crippen LogP contribution >= 0.6 is 0 Å². The van der Waals surface area contributed by atoms with Crippen LogP contribution in [0.15, 0.2) is 18.7 Å².